The van der Waals surface area contributed by atoms with Crippen molar-refractivity contribution < 1.29 is 14.5 Å². The molecule has 7 heteroatoms. The predicted molar refractivity (Wildman–Crippen MR) is 43.4 cm³/mol. The van der Waals surface area contributed by atoms with Crippen LogP contribution in [0.5, 0.6) is 0 Å². The number of amidine groups is 1. The van der Waals surface area contributed by atoms with Crippen LogP contribution in [0.2, 0.25) is 0 Å². The Balaban J connectivity index is 4.48. The number of nitrogens with zero attached hydrogens (tertiary/aromatic N) is 3. The summed E-state index contributed by atoms with van der Waals surface area (Å²) < 4.78 is 0. The highest BCUT2D eigenvalue weighted by atomic mass is 16.7. The van der Waals surface area contributed by atoms with Crippen LogP contribution in [0.25, 0.3) is 0 Å². The van der Waals surface area contributed by atoms with Gasteiger partial charge in [0, 0.05) is 6.92 Å². The monoisotopic (exact) mass is 184 g/mol. The van der Waals surface area contributed by atoms with Gasteiger partial charge in [0.05, 0.1) is 0 Å². The van der Waals surface area contributed by atoms with Crippen LogP contribution in [0.1, 0.15) is 6.92 Å². The van der Waals surface area contributed by atoms with Gasteiger partial charge in [-0.15, -0.1) is 0 Å². The minimum atomic E-state index is -0.641. The summed E-state index contributed by atoms with van der Waals surface area (Å²) in [5.74, 6) is -0.961. The predicted octanol–water partition coefficient (Wildman–Crippen LogP) is -0.652. The Bertz CT molecular complexity index is 289. The molecule has 0 saturated carbocycles. The van der Waals surface area contributed by atoms with Gasteiger partial charge in [-0.1, -0.05) is 10.3 Å². The van der Waals surface area contributed by atoms with Gasteiger partial charge in [0.2, 0.25) is 11.5 Å². The molecule has 0 aliphatic rings. The number of nitriles is 1. The molecule has 0 heterocycles. The van der Waals surface area contributed by atoms with E-state index < -0.39 is 5.97 Å². The first-order valence-electron chi connectivity index (χ1n) is 3.14. The molecule has 0 spiro atoms. The molecule has 0 amide bonds. The molecular formula is C6H8N4O3. The Morgan fingerprint density at radius 1 is 1.54 bits per heavy atom. The van der Waals surface area contributed by atoms with Crippen LogP contribution in [0.15, 0.2) is 10.3 Å². The van der Waals surface area contributed by atoms with Gasteiger partial charge >= 0.3 is 5.97 Å². The fourth-order valence-electron chi connectivity index (χ4n) is 0.372. The first-order valence-corrected chi connectivity index (χ1v) is 3.14. The van der Waals surface area contributed by atoms with Crippen LogP contribution >= 0.6 is 0 Å². The summed E-state index contributed by atoms with van der Waals surface area (Å²) in [6.07, 6.45) is 0. The zero-order valence-electron chi connectivity index (χ0n) is 7.14. The van der Waals surface area contributed by atoms with Crippen molar-refractivity contribution in [3.8, 4) is 6.07 Å². The van der Waals surface area contributed by atoms with Crippen molar-refractivity contribution >= 4 is 17.5 Å². The molecule has 0 radical (unpaired) electrons. The number of oxime groups is 2. The number of carbonyl (C=O) groups is 1. The third kappa shape index (κ3) is 4.36. The second kappa shape index (κ2) is 5.54. The maximum absolute atomic E-state index is 10.3. The molecule has 0 saturated heterocycles. The number of rotatable bonds is 3. The molecule has 7 nitrogen and oxygen atoms in total. The van der Waals surface area contributed by atoms with E-state index in [2.05, 4.69) is 20.0 Å². The molecule has 0 aliphatic heterocycles. The maximum atomic E-state index is 10.3. The van der Waals surface area contributed by atoms with Crippen molar-refractivity contribution in [2.75, 3.05) is 7.11 Å². The molecule has 0 aliphatic carbocycles. The lowest BCUT2D eigenvalue weighted by molar-refractivity contribution is -0.140. The highest BCUT2D eigenvalue weighted by molar-refractivity contribution is 6.46. The van der Waals surface area contributed by atoms with E-state index in [1.165, 1.54) is 7.11 Å². The van der Waals surface area contributed by atoms with Crippen LogP contribution < -0.4 is 5.73 Å². The van der Waals surface area contributed by atoms with Crippen LogP contribution in [-0.4, -0.2) is 24.6 Å². The van der Waals surface area contributed by atoms with Crippen molar-refractivity contribution in [1.82, 2.24) is 0 Å². The Kier molecular flexibility index (Phi) is 4.64. The Morgan fingerprint density at radius 3 is 2.54 bits per heavy atom. The van der Waals surface area contributed by atoms with Crippen molar-refractivity contribution in [3.63, 3.8) is 0 Å². The molecule has 70 valence electrons. The zero-order chi connectivity index (χ0) is 10.3. The third-order valence-corrected chi connectivity index (χ3v) is 0.804. The SMILES string of the molecule is CO/N=C(C#N)/C(N)=N/OC(C)=O. The van der Waals surface area contributed by atoms with E-state index in [9.17, 15) is 4.79 Å². The lowest BCUT2D eigenvalue weighted by atomic mass is 10.4. The smallest absolute Gasteiger partial charge is 0.332 e. The van der Waals surface area contributed by atoms with Crippen LogP contribution in [0.3, 0.4) is 0 Å². The molecule has 0 atom stereocenters. The summed E-state index contributed by atoms with van der Waals surface area (Å²) in [5, 5.41) is 14.8. The highest BCUT2D eigenvalue weighted by Crippen LogP contribution is 1.83. The Morgan fingerprint density at radius 2 is 2.15 bits per heavy atom. The highest BCUT2D eigenvalue weighted by Gasteiger charge is 2.05. The number of hydrogen-bond acceptors (Lipinski definition) is 6. The lowest BCUT2D eigenvalue weighted by Crippen LogP contribution is -2.23. The maximum Gasteiger partial charge on any atom is 0.332 e. The van der Waals surface area contributed by atoms with E-state index in [0.717, 1.165) is 6.92 Å². The molecule has 0 aromatic heterocycles. The average Bonchev–Trinajstić information content (AvgIpc) is 2.10. The van der Waals surface area contributed by atoms with Gasteiger partial charge in [0.1, 0.15) is 13.2 Å². The third-order valence-electron chi connectivity index (χ3n) is 0.804. The summed E-state index contributed by atoms with van der Waals surface area (Å²) in [5.41, 5.74) is 4.94. The van der Waals surface area contributed by atoms with Gasteiger partial charge in [-0.3, -0.25) is 0 Å². The van der Waals surface area contributed by atoms with E-state index in [1.807, 2.05) is 0 Å². The van der Waals surface area contributed by atoms with Crippen LogP contribution in [0.4, 0.5) is 0 Å². The van der Waals surface area contributed by atoms with E-state index in [4.69, 9.17) is 11.0 Å². The molecule has 0 aromatic carbocycles. The molecule has 0 unspecified atom stereocenters. The Labute approximate surface area is 74.4 Å². The fourth-order valence-corrected chi connectivity index (χ4v) is 0.372. The topological polar surface area (TPSA) is 110 Å². The second-order valence-electron chi connectivity index (χ2n) is 1.79. The minimum absolute atomic E-state index is 0.260. The summed E-state index contributed by atoms with van der Waals surface area (Å²) >= 11 is 0. The minimum Gasteiger partial charge on any atom is -0.398 e. The van der Waals surface area contributed by atoms with E-state index in [0.29, 0.717) is 0 Å². The van der Waals surface area contributed by atoms with Crippen molar-refractivity contribution in [2.24, 2.45) is 16.0 Å². The normalized spacial score (nSPS) is 11.8. The van der Waals surface area contributed by atoms with Crippen molar-refractivity contribution in [2.45, 2.75) is 6.92 Å². The van der Waals surface area contributed by atoms with Crippen molar-refractivity contribution in [1.29, 1.82) is 5.26 Å². The molecule has 2 N–H and O–H groups in total. The summed E-state index contributed by atoms with van der Waals surface area (Å²) in [4.78, 5) is 18.7. The van der Waals surface area contributed by atoms with E-state index in [1.54, 1.807) is 6.07 Å². The molecular weight excluding hydrogens is 176 g/mol. The van der Waals surface area contributed by atoms with Gasteiger partial charge < -0.3 is 15.4 Å². The van der Waals surface area contributed by atoms with Gasteiger partial charge in [-0.2, -0.15) is 5.26 Å². The standard InChI is InChI=1S/C6H8N4O3/c1-4(11)13-10-6(8)5(3-7)9-12-2/h1-2H3,(H2,8,10)/b9-5+. The summed E-state index contributed by atoms with van der Waals surface area (Å²) in [6.45, 7) is 1.15. The number of hydrogen-bond donors (Lipinski definition) is 1. The lowest BCUT2D eigenvalue weighted by Gasteiger charge is -1.94. The van der Waals surface area contributed by atoms with Crippen LogP contribution in [0, 0.1) is 11.3 Å². The van der Waals surface area contributed by atoms with Gasteiger partial charge in [-0.05, 0) is 0 Å². The average molecular weight is 184 g/mol. The molecule has 0 aromatic rings. The quantitative estimate of drug-likeness (QED) is 0.271. The molecule has 0 fully saturated rings. The molecule has 0 bridgehead atoms. The summed E-state index contributed by atoms with van der Waals surface area (Å²) in [6, 6.07) is 1.60. The Hall–Kier alpha value is -2.10. The summed E-state index contributed by atoms with van der Waals surface area (Å²) in [7, 11) is 1.25. The largest absolute Gasteiger partial charge is 0.398 e. The second-order valence-corrected chi connectivity index (χ2v) is 1.79. The van der Waals surface area contributed by atoms with E-state index in [-0.39, 0.29) is 11.5 Å². The van der Waals surface area contributed by atoms with Gasteiger partial charge in [0.25, 0.3) is 0 Å². The first-order chi connectivity index (χ1) is 6.11. The fraction of sp³-hybridized carbons (Fsp3) is 0.333. The van der Waals surface area contributed by atoms with Crippen molar-refractivity contribution in [3.05, 3.63) is 0 Å². The molecule has 0 rings (SSSR count). The van der Waals surface area contributed by atoms with Crippen LogP contribution in [-0.2, 0) is 14.5 Å². The van der Waals surface area contributed by atoms with Gasteiger partial charge in [0.15, 0.2) is 0 Å². The first kappa shape index (κ1) is 10.9. The zero-order valence-corrected chi connectivity index (χ0v) is 7.14. The number of carbonyl (C=O) groups excluding carboxylic acids is 1. The molecule has 13 heavy (non-hydrogen) atoms. The number of nitrogens with two attached hydrogens (primary N) is 1. The van der Waals surface area contributed by atoms with Gasteiger partial charge in [-0.25, -0.2) is 4.79 Å². The van der Waals surface area contributed by atoms with E-state index >= 15 is 0 Å².